The van der Waals surface area contributed by atoms with Crippen LogP contribution in [0.25, 0.3) is 11.1 Å². The normalized spacial score (nSPS) is 10.6. The van der Waals surface area contributed by atoms with Crippen LogP contribution in [-0.2, 0) is 0 Å². The first-order valence-corrected chi connectivity index (χ1v) is 5.00. The van der Waals surface area contributed by atoms with Crippen molar-refractivity contribution in [2.75, 3.05) is 5.73 Å². The topological polar surface area (TPSA) is 26.0 Å². The molecule has 0 saturated heterocycles. The van der Waals surface area contributed by atoms with Crippen molar-refractivity contribution in [3.05, 3.63) is 53.3 Å². The van der Waals surface area contributed by atoms with Gasteiger partial charge in [0.05, 0.1) is 0 Å². The molecule has 4 heteroatoms. The first-order valence-electron chi connectivity index (χ1n) is 5.00. The maximum absolute atomic E-state index is 13.6. The molecular formula is C13H10F3N. The van der Waals surface area contributed by atoms with Gasteiger partial charge in [-0.2, -0.15) is 0 Å². The Labute approximate surface area is 96.7 Å². The van der Waals surface area contributed by atoms with Crippen LogP contribution in [0.5, 0.6) is 0 Å². The molecule has 2 aromatic rings. The van der Waals surface area contributed by atoms with Gasteiger partial charge < -0.3 is 5.73 Å². The van der Waals surface area contributed by atoms with E-state index in [-0.39, 0.29) is 22.4 Å². The Balaban J connectivity index is 2.64. The molecule has 17 heavy (non-hydrogen) atoms. The zero-order chi connectivity index (χ0) is 12.6. The monoisotopic (exact) mass is 237 g/mol. The van der Waals surface area contributed by atoms with Gasteiger partial charge in [-0.1, -0.05) is 0 Å². The summed E-state index contributed by atoms with van der Waals surface area (Å²) in [6, 6.07) is 5.87. The van der Waals surface area contributed by atoms with Crippen molar-refractivity contribution >= 4 is 5.69 Å². The van der Waals surface area contributed by atoms with E-state index in [1.54, 1.807) is 0 Å². The number of nitrogens with two attached hydrogens (primary N) is 1. The second kappa shape index (κ2) is 4.13. The fourth-order valence-electron chi connectivity index (χ4n) is 1.60. The third kappa shape index (κ3) is 2.11. The van der Waals surface area contributed by atoms with Crippen molar-refractivity contribution in [1.82, 2.24) is 0 Å². The maximum Gasteiger partial charge on any atom is 0.133 e. The Kier molecular flexibility index (Phi) is 2.79. The summed E-state index contributed by atoms with van der Waals surface area (Å²) in [6.07, 6.45) is 0. The Morgan fingerprint density at radius 1 is 0.824 bits per heavy atom. The van der Waals surface area contributed by atoms with Gasteiger partial charge in [0, 0.05) is 16.8 Å². The average Bonchev–Trinajstić information content (AvgIpc) is 2.24. The van der Waals surface area contributed by atoms with Crippen molar-refractivity contribution in [1.29, 1.82) is 0 Å². The highest BCUT2D eigenvalue weighted by molar-refractivity contribution is 5.67. The van der Waals surface area contributed by atoms with E-state index in [1.165, 1.54) is 19.1 Å². The van der Waals surface area contributed by atoms with Crippen molar-refractivity contribution < 1.29 is 13.2 Å². The van der Waals surface area contributed by atoms with E-state index in [4.69, 9.17) is 5.73 Å². The van der Waals surface area contributed by atoms with E-state index >= 15 is 0 Å². The Bertz CT molecular complexity index is 579. The van der Waals surface area contributed by atoms with Crippen LogP contribution in [0.2, 0.25) is 0 Å². The number of anilines is 1. The SMILES string of the molecule is Cc1cc(F)c(-c2ccc(N)cc2F)cc1F. The number of nitrogen functional groups attached to an aromatic ring is 1. The molecule has 0 aliphatic heterocycles. The molecule has 0 atom stereocenters. The van der Waals surface area contributed by atoms with Gasteiger partial charge in [0.15, 0.2) is 0 Å². The Morgan fingerprint density at radius 3 is 2.12 bits per heavy atom. The largest absolute Gasteiger partial charge is 0.399 e. The van der Waals surface area contributed by atoms with Crippen molar-refractivity contribution in [3.63, 3.8) is 0 Å². The van der Waals surface area contributed by atoms with Gasteiger partial charge in [-0.15, -0.1) is 0 Å². The van der Waals surface area contributed by atoms with Crippen LogP contribution < -0.4 is 5.73 Å². The van der Waals surface area contributed by atoms with Crippen molar-refractivity contribution in [2.24, 2.45) is 0 Å². The molecule has 2 rings (SSSR count). The predicted molar refractivity (Wildman–Crippen MR) is 60.9 cm³/mol. The lowest BCUT2D eigenvalue weighted by Crippen LogP contribution is -1.94. The molecule has 88 valence electrons. The summed E-state index contributed by atoms with van der Waals surface area (Å²) >= 11 is 0. The molecular weight excluding hydrogens is 227 g/mol. The zero-order valence-corrected chi connectivity index (χ0v) is 9.10. The Hall–Kier alpha value is -1.97. The fraction of sp³-hybridized carbons (Fsp3) is 0.0769. The van der Waals surface area contributed by atoms with Gasteiger partial charge in [0.25, 0.3) is 0 Å². The summed E-state index contributed by atoms with van der Waals surface area (Å²) in [5, 5.41) is 0. The first-order chi connectivity index (χ1) is 7.99. The summed E-state index contributed by atoms with van der Waals surface area (Å²) in [6.45, 7) is 1.45. The molecule has 0 heterocycles. The molecule has 0 aromatic heterocycles. The molecule has 2 aromatic carbocycles. The van der Waals surface area contributed by atoms with E-state index < -0.39 is 17.5 Å². The fourth-order valence-corrected chi connectivity index (χ4v) is 1.60. The van der Waals surface area contributed by atoms with E-state index in [0.717, 1.165) is 18.2 Å². The molecule has 0 amide bonds. The number of benzene rings is 2. The standard InChI is InChI=1S/C13H10F3N/c1-7-4-12(15)10(6-11(7)14)9-3-2-8(17)5-13(9)16/h2-6H,17H2,1H3. The van der Waals surface area contributed by atoms with Gasteiger partial charge in [-0.25, -0.2) is 13.2 Å². The third-order valence-corrected chi connectivity index (χ3v) is 2.53. The van der Waals surface area contributed by atoms with E-state index in [1.807, 2.05) is 0 Å². The number of halogens is 3. The molecule has 0 bridgehead atoms. The summed E-state index contributed by atoms with van der Waals surface area (Å²) in [5.74, 6) is -1.91. The second-order valence-electron chi connectivity index (χ2n) is 3.82. The van der Waals surface area contributed by atoms with Gasteiger partial charge >= 0.3 is 0 Å². The summed E-state index contributed by atoms with van der Waals surface area (Å²) in [5.41, 5.74) is 5.70. The van der Waals surface area contributed by atoms with E-state index in [0.29, 0.717) is 0 Å². The van der Waals surface area contributed by atoms with E-state index in [2.05, 4.69) is 0 Å². The highest BCUT2D eigenvalue weighted by atomic mass is 19.1. The van der Waals surface area contributed by atoms with Crippen LogP contribution in [0.4, 0.5) is 18.9 Å². The lowest BCUT2D eigenvalue weighted by atomic mass is 10.0. The second-order valence-corrected chi connectivity index (χ2v) is 3.82. The van der Waals surface area contributed by atoms with Crippen molar-refractivity contribution in [2.45, 2.75) is 6.92 Å². The third-order valence-electron chi connectivity index (χ3n) is 2.53. The number of hydrogen-bond acceptors (Lipinski definition) is 1. The van der Waals surface area contributed by atoms with Gasteiger partial charge in [0.1, 0.15) is 17.5 Å². The van der Waals surface area contributed by atoms with Gasteiger partial charge in [-0.05, 0) is 42.8 Å². The minimum absolute atomic E-state index is 0.00407. The minimum Gasteiger partial charge on any atom is -0.399 e. The van der Waals surface area contributed by atoms with Crippen LogP contribution in [0.15, 0.2) is 30.3 Å². The molecule has 0 saturated carbocycles. The van der Waals surface area contributed by atoms with Crippen LogP contribution in [-0.4, -0.2) is 0 Å². The lowest BCUT2D eigenvalue weighted by molar-refractivity contribution is 0.591. The number of hydrogen-bond donors (Lipinski definition) is 1. The molecule has 1 nitrogen and oxygen atoms in total. The van der Waals surface area contributed by atoms with Gasteiger partial charge in [0.2, 0.25) is 0 Å². The van der Waals surface area contributed by atoms with Gasteiger partial charge in [-0.3, -0.25) is 0 Å². The molecule has 0 aliphatic carbocycles. The highest BCUT2D eigenvalue weighted by Gasteiger charge is 2.13. The molecule has 0 unspecified atom stereocenters. The number of aryl methyl sites for hydroxylation is 1. The summed E-state index contributed by atoms with van der Waals surface area (Å²) < 4.78 is 40.6. The molecule has 2 N–H and O–H groups in total. The lowest BCUT2D eigenvalue weighted by Gasteiger charge is -2.07. The average molecular weight is 237 g/mol. The van der Waals surface area contributed by atoms with Crippen LogP contribution in [0.3, 0.4) is 0 Å². The molecule has 0 aliphatic rings. The number of rotatable bonds is 1. The zero-order valence-electron chi connectivity index (χ0n) is 9.10. The first kappa shape index (κ1) is 11.5. The summed E-state index contributed by atoms with van der Waals surface area (Å²) in [4.78, 5) is 0. The smallest absolute Gasteiger partial charge is 0.133 e. The van der Waals surface area contributed by atoms with Crippen LogP contribution >= 0.6 is 0 Å². The summed E-state index contributed by atoms with van der Waals surface area (Å²) in [7, 11) is 0. The van der Waals surface area contributed by atoms with Crippen molar-refractivity contribution in [3.8, 4) is 11.1 Å². The Morgan fingerprint density at radius 2 is 1.47 bits per heavy atom. The maximum atomic E-state index is 13.6. The molecule has 0 radical (unpaired) electrons. The van der Waals surface area contributed by atoms with E-state index in [9.17, 15) is 13.2 Å². The highest BCUT2D eigenvalue weighted by Crippen LogP contribution is 2.28. The predicted octanol–water partition coefficient (Wildman–Crippen LogP) is 3.66. The minimum atomic E-state index is -0.674. The van der Waals surface area contributed by atoms with Crippen LogP contribution in [0, 0.1) is 24.4 Å². The van der Waals surface area contributed by atoms with Crippen LogP contribution in [0.1, 0.15) is 5.56 Å². The molecule has 0 spiro atoms. The quantitative estimate of drug-likeness (QED) is 0.752. The molecule has 0 fully saturated rings.